The Hall–Kier alpha value is -2.62. The molecule has 3 aromatic heterocycles. The first-order valence-electron chi connectivity index (χ1n) is 9.49. The summed E-state index contributed by atoms with van der Waals surface area (Å²) in [6.45, 7) is 6.79. The van der Waals surface area contributed by atoms with Crippen LogP contribution in [0.15, 0.2) is 18.7 Å². The summed E-state index contributed by atoms with van der Waals surface area (Å²) in [6.07, 6.45) is 8.87. The number of hydrogen-bond acceptors (Lipinski definition) is 7. The van der Waals surface area contributed by atoms with E-state index in [4.69, 9.17) is 0 Å². The van der Waals surface area contributed by atoms with Crippen molar-refractivity contribution in [2.24, 2.45) is 7.05 Å². The van der Waals surface area contributed by atoms with E-state index in [1.54, 1.807) is 11.0 Å². The maximum absolute atomic E-state index is 4.53. The van der Waals surface area contributed by atoms with Gasteiger partial charge in [-0.15, -0.1) is 15.3 Å². The third-order valence-corrected chi connectivity index (χ3v) is 5.36. The SMILES string of the molecule is Cc1nccn1Cc1nnc([C@H]2CCCN(CCCn3cnnn3)C2)n1C. The second-order valence-electron chi connectivity index (χ2n) is 7.20. The third-order valence-electron chi connectivity index (χ3n) is 5.36. The van der Waals surface area contributed by atoms with Gasteiger partial charge in [0, 0.05) is 38.4 Å². The quantitative estimate of drug-likeness (QED) is 0.602. The summed E-state index contributed by atoms with van der Waals surface area (Å²) in [6, 6.07) is 0. The van der Waals surface area contributed by atoms with Crippen LogP contribution in [0.1, 0.15) is 42.7 Å². The fraction of sp³-hybridized carbons (Fsp3) is 0.647. The smallest absolute Gasteiger partial charge is 0.152 e. The van der Waals surface area contributed by atoms with E-state index in [1.165, 1.54) is 12.8 Å². The van der Waals surface area contributed by atoms with E-state index in [0.717, 1.165) is 50.1 Å². The van der Waals surface area contributed by atoms with E-state index < -0.39 is 0 Å². The zero-order valence-electron chi connectivity index (χ0n) is 15.9. The molecule has 0 unspecified atom stereocenters. The van der Waals surface area contributed by atoms with Crippen LogP contribution in [0.4, 0.5) is 0 Å². The van der Waals surface area contributed by atoms with Crippen LogP contribution in [0.2, 0.25) is 0 Å². The van der Waals surface area contributed by atoms with Gasteiger partial charge in [-0.2, -0.15) is 0 Å². The molecule has 0 aromatic carbocycles. The molecule has 0 bridgehead atoms. The number of hydrogen-bond donors (Lipinski definition) is 0. The molecule has 0 saturated carbocycles. The van der Waals surface area contributed by atoms with Gasteiger partial charge in [0.2, 0.25) is 0 Å². The van der Waals surface area contributed by atoms with Gasteiger partial charge < -0.3 is 14.0 Å². The normalized spacial score (nSPS) is 18.2. The van der Waals surface area contributed by atoms with Crippen molar-refractivity contribution in [3.05, 3.63) is 36.2 Å². The molecule has 1 fully saturated rings. The summed E-state index contributed by atoms with van der Waals surface area (Å²) in [5.74, 6) is 3.49. The molecule has 4 rings (SSSR count). The van der Waals surface area contributed by atoms with Crippen molar-refractivity contribution in [1.29, 1.82) is 0 Å². The van der Waals surface area contributed by atoms with Crippen molar-refractivity contribution >= 4 is 0 Å². The van der Waals surface area contributed by atoms with Crippen LogP contribution >= 0.6 is 0 Å². The lowest BCUT2D eigenvalue weighted by Gasteiger charge is -2.32. The minimum absolute atomic E-state index is 0.432. The number of nitrogens with zero attached hydrogens (tertiary/aromatic N) is 10. The number of rotatable bonds is 7. The Bertz CT molecular complexity index is 849. The molecule has 1 aliphatic rings. The summed E-state index contributed by atoms with van der Waals surface area (Å²) in [4.78, 5) is 6.80. The van der Waals surface area contributed by atoms with Crippen LogP contribution in [-0.4, -0.2) is 69.1 Å². The molecule has 0 amide bonds. The summed E-state index contributed by atoms with van der Waals surface area (Å²) in [5, 5.41) is 20.3. The van der Waals surface area contributed by atoms with Crippen LogP contribution in [-0.2, 0) is 20.1 Å². The first-order chi connectivity index (χ1) is 13.2. The zero-order valence-corrected chi connectivity index (χ0v) is 15.9. The molecule has 3 aromatic rings. The minimum Gasteiger partial charge on any atom is -0.328 e. The largest absolute Gasteiger partial charge is 0.328 e. The van der Waals surface area contributed by atoms with E-state index in [2.05, 4.69) is 51.8 Å². The van der Waals surface area contributed by atoms with E-state index in [0.29, 0.717) is 12.5 Å². The van der Waals surface area contributed by atoms with Gasteiger partial charge in [0.1, 0.15) is 18.0 Å². The van der Waals surface area contributed by atoms with Gasteiger partial charge in [0.05, 0.1) is 6.54 Å². The third kappa shape index (κ3) is 4.05. The molecule has 0 spiro atoms. The molecule has 144 valence electrons. The van der Waals surface area contributed by atoms with Gasteiger partial charge in [0.15, 0.2) is 5.82 Å². The lowest BCUT2D eigenvalue weighted by Crippen LogP contribution is -2.36. The number of aryl methyl sites for hydroxylation is 2. The first kappa shape index (κ1) is 17.8. The van der Waals surface area contributed by atoms with E-state index in [1.807, 2.05) is 19.3 Å². The Labute approximate surface area is 158 Å². The van der Waals surface area contributed by atoms with Gasteiger partial charge >= 0.3 is 0 Å². The van der Waals surface area contributed by atoms with E-state index in [-0.39, 0.29) is 0 Å². The number of likely N-dealkylation sites (tertiary alicyclic amines) is 1. The molecule has 0 aliphatic carbocycles. The highest BCUT2D eigenvalue weighted by atomic mass is 15.5. The molecule has 10 heteroatoms. The molecule has 1 atom stereocenters. The second kappa shape index (κ2) is 7.95. The predicted octanol–water partition coefficient (Wildman–Crippen LogP) is 0.625. The number of piperidine rings is 1. The van der Waals surface area contributed by atoms with Crippen LogP contribution in [0.25, 0.3) is 0 Å². The number of imidazole rings is 1. The lowest BCUT2D eigenvalue weighted by molar-refractivity contribution is 0.197. The molecule has 27 heavy (non-hydrogen) atoms. The Morgan fingerprint density at radius 1 is 1.22 bits per heavy atom. The molecule has 0 radical (unpaired) electrons. The molecule has 4 heterocycles. The Morgan fingerprint density at radius 3 is 2.93 bits per heavy atom. The maximum atomic E-state index is 4.53. The van der Waals surface area contributed by atoms with Gasteiger partial charge in [-0.1, -0.05) is 0 Å². The molecule has 1 saturated heterocycles. The summed E-state index contributed by atoms with van der Waals surface area (Å²) >= 11 is 0. The summed E-state index contributed by atoms with van der Waals surface area (Å²) < 4.78 is 6.04. The van der Waals surface area contributed by atoms with Crippen molar-refractivity contribution in [1.82, 2.24) is 49.4 Å². The second-order valence-corrected chi connectivity index (χ2v) is 7.20. The highest BCUT2D eigenvalue weighted by Gasteiger charge is 2.25. The van der Waals surface area contributed by atoms with Gasteiger partial charge in [-0.3, -0.25) is 0 Å². The molecular formula is C17H26N10. The van der Waals surface area contributed by atoms with Gasteiger partial charge in [0.25, 0.3) is 0 Å². The lowest BCUT2D eigenvalue weighted by atomic mass is 9.97. The predicted molar refractivity (Wildman–Crippen MR) is 97.9 cm³/mol. The zero-order chi connectivity index (χ0) is 18.6. The maximum Gasteiger partial charge on any atom is 0.152 e. The highest BCUT2D eigenvalue weighted by Crippen LogP contribution is 2.26. The van der Waals surface area contributed by atoms with Crippen LogP contribution < -0.4 is 0 Å². The minimum atomic E-state index is 0.432. The van der Waals surface area contributed by atoms with Gasteiger partial charge in [-0.05, 0) is 49.7 Å². The summed E-state index contributed by atoms with van der Waals surface area (Å²) in [5.41, 5.74) is 0. The highest BCUT2D eigenvalue weighted by molar-refractivity contribution is 5.05. The van der Waals surface area contributed by atoms with Crippen LogP contribution in [0.3, 0.4) is 0 Å². The number of tetrazole rings is 1. The topological polar surface area (TPSA) is 95.4 Å². The fourth-order valence-corrected chi connectivity index (χ4v) is 3.80. The molecule has 0 N–H and O–H groups in total. The average molecular weight is 370 g/mol. The van der Waals surface area contributed by atoms with E-state index >= 15 is 0 Å². The van der Waals surface area contributed by atoms with Crippen molar-refractivity contribution < 1.29 is 0 Å². The van der Waals surface area contributed by atoms with Crippen LogP contribution in [0.5, 0.6) is 0 Å². The average Bonchev–Trinajstić information content (AvgIpc) is 3.40. The van der Waals surface area contributed by atoms with E-state index in [9.17, 15) is 0 Å². The molecular weight excluding hydrogens is 344 g/mol. The van der Waals surface area contributed by atoms with Crippen molar-refractivity contribution in [2.45, 2.75) is 45.2 Å². The molecule has 1 aliphatic heterocycles. The number of aromatic nitrogens is 9. The Balaban J connectivity index is 1.36. The monoisotopic (exact) mass is 370 g/mol. The first-order valence-corrected chi connectivity index (χ1v) is 9.49. The molecule has 10 nitrogen and oxygen atoms in total. The fourth-order valence-electron chi connectivity index (χ4n) is 3.80. The Kier molecular flexibility index (Phi) is 5.23. The van der Waals surface area contributed by atoms with Crippen molar-refractivity contribution in [3.63, 3.8) is 0 Å². The van der Waals surface area contributed by atoms with Crippen LogP contribution in [0, 0.1) is 6.92 Å². The summed E-state index contributed by atoms with van der Waals surface area (Å²) in [7, 11) is 2.08. The Morgan fingerprint density at radius 2 is 2.15 bits per heavy atom. The van der Waals surface area contributed by atoms with Crippen molar-refractivity contribution in [2.75, 3.05) is 19.6 Å². The van der Waals surface area contributed by atoms with Gasteiger partial charge in [-0.25, -0.2) is 9.67 Å². The standard InChI is InChI=1S/C17H26N10/c1-14-18-6-10-26(14)12-16-20-21-17(24(16)2)15-5-3-7-25(11-15)8-4-9-27-13-19-22-23-27/h6,10,13,15H,3-5,7-9,11-12H2,1-2H3/t15-/m0/s1. The van der Waals surface area contributed by atoms with Crippen molar-refractivity contribution in [3.8, 4) is 0 Å².